The molecule has 0 aliphatic carbocycles. The summed E-state index contributed by atoms with van der Waals surface area (Å²) in [6.45, 7) is 5.66. The third-order valence-corrected chi connectivity index (χ3v) is 5.40. The summed E-state index contributed by atoms with van der Waals surface area (Å²) in [4.78, 5) is 12.4. The van der Waals surface area contributed by atoms with Crippen molar-refractivity contribution in [3.05, 3.63) is 70.2 Å². The maximum absolute atomic E-state index is 13.6. The Balaban J connectivity index is 1.94. The van der Waals surface area contributed by atoms with Crippen molar-refractivity contribution in [1.82, 2.24) is 5.32 Å². The molecule has 0 aromatic heterocycles. The molecule has 3 rings (SSSR count). The van der Waals surface area contributed by atoms with E-state index in [9.17, 15) is 13.6 Å². The van der Waals surface area contributed by atoms with Gasteiger partial charge in [-0.25, -0.2) is 8.78 Å². The van der Waals surface area contributed by atoms with Crippen molar-refractivity contribution in [3.63, 3.8) is 0 Å². The smallest absolute Gasteiger partial charge is 0.222 e. The Morgan fingerprint density at radius 2 is 1.68 bits per heavy atom. The first-order valence-electron chi connectivity index (χ1n) is 9.35. The van der Waals surface area contributed by atoms with Gasteiger partial charge in [-0.2, -0.15) is 0 Å². The summed E-state index contributed by atoms with van der Waals surface area (Å²) < 4.78 is 33.2. The minimum Gasteiger partial charge on any atom is -0.365 e. The molecule has 0 spiro atoms. The molecule has 1 amide bonds. The lowest BCUT2D eigenvalue weighted by atomic mass is 9.81. The molecule has 2 aromatic carbocycles. The van der Waals surface area contributed by atoms with Crippen LogP contribution in [0.1, 0.15) is 56.9 Å². The molecule has 1 N–H and O–H groups in total. The number of nitrogens with one attached hydrogen (secondary N) is 1. The number of benzene rings is 2. The van der Waals surface area contributed by atoms with E-state index in [1.165, 1.54) is 18.2 Å². The lowest BCUT2D eigenvalue weighted by Gasteiger charge is -2.43. The van der Waals surface area contributed by atoms with Gasteiger partial charge in [0.05, 0.1) is 17.2 Å². The van der Waals surface area contributed by atoms with E-state index >= 15 is 0 Å². The molecule has 1 saturated heterocycles. The van der Waals surface area contributed by atoms with Crippen LogP contribution in [0.5, 0.6) is 0 Å². The molecule has 1 fully saturated rings. The zero-order chi connectivity index (χ0) is 20.5. The van der Waals surface area contributed by atoms with Gasteiger partial charge in [0.25, 0.3) is 0 Å². The van der Waals surface area contributed by atoms with Gasteiger partial charge in [0.15, 0.2) is 0 Å². The Labute approximate surface area is 169 Å². The molecular formula is C22H24ClF2NO2. The van der Waals surface area contributed by atoms with E-state index in [1.54, 1.807) is 24.3 Å². The zero-order valence-corrected chi connectivity index (χ0v) is 16.9. The first-order valence-corrected chi connectivity index (χ1v) is 9.72. The number of halogens is 3. The summed E-state index contributed by atoms with van der Waals surface area (Å²) >= 11 is 5.96. The molecule has 2 aromatic rings. The van der Waals surface area contributed by atoms with E-state index in [2.05, 4.69) is 5.32 Å². The van der Waals surface area contributed by atoms with Gasteiger partial charge in [-0.3, -0.25) is 4.79 Å². The molecule has 1 aliphatic rings. The summed E-state index contributed by atoms with van der Waals surface area (Å²) in [5, 5.41) is 3.16. The molecule has 0 unspecified atom stereocenters. The molecule has 0 bridgehead atoms. The fraction of sp³-hybridized carbons (Fsp3) is 0.409. The van der Waals surface area contributed by atoms with Crippen LogP contribution in [0.4, 0.5) is 8.78 Å². The van der Waals surface area contributed by atoms with Crippen LogP contribution in [0.2, 0.25) is 5.02 Å². The second-order valence-electron chi connectivity index (χ2n) is 7.95. The number of carbonyl (C=O) groups excluding carboxylic acids is 1. The van der Waals surface area contributed by atoms with Crippen molar-refractivity contribution in [2.24, 2.45) is 5.92 Å². The Morgan fingerprint density at radius 3 is 2.25 bits per heavy atom. The third kappa shape index (κ3) is 4.70. The van der Waals surface area contributed by atoms with Gasteiger partial charge >= 0.3 is 0 Å². The fourth-order valence-electron chi connectivity index (χ4n) is 3.52. The maximum atomic E-state index is 13.6. The first-order chi connectivity index (χ1) is 13.2. The number of carbonyl (C=O) groups is 1. The van der Waals surface area contributed by atoms with Crippen LogP contribution in [-0.4, -0.2) is 11.4 Å². The van der Waals surface area contributed by atoms with Gasteiger partial charge in [0.2, 0.25) is 5.91 Å². The number of hydrogen-bond acceptors (Lipinski definition) is 2. The van der Waals surface area contributed by atoms with Crippen LogP contribution in [0.3, 0.4) is 0 Å². The van der Waals surface area contributed by atoms with Gasteiger partial charge in [-0.1, -0.05) is 43.6 Å². The van der Waals surface area contributed by atoms with Crippen molar-refractivity contribution >= 4 is 17.5 Å². The average Bonchev–Trinajstić information content (AvgIpc) is 2.63. The number of hydrogen-bond donors (Lipinski definition) is 1. The Hall–Kier alpha value is -1.98. The third-order valence-electron chi connectivity index (χ3n) is 5.11. The normalized spacial score (nSPS) is 25.0. The van der Waals surface area contributed by atoms with E-state index in [0.717, 1.165) is 11.1 Å². The van der Waals surface area contributed by atoms with Gasteiger partial charge in [-0.05, 0) is 42.3 Å². The predicted molar refractivity (Wildman–Crippen MR) is 105 cm³/mol. The summed E-state index contributed by atoms with van der Waals surface area (Å²) in [6.07, 6.45) is 0.327. The number of amides is 1. The first kappa shape index (κ1) is 20.7. The maximum Gasteiger partial charge on any atom is 0.222 e. The topological polar surface area (TPSA) is 38.3 Å². The zero-order valence-electron chi connectivity index (χ0n) is 16.1. The second-order valence-corrected chi connectivity index (χ2v) is 8.36. The molecule has 3 nitrogen and oxygen atoms in total. The highest BCUT2D eigenvalue weighted by molar-refractivity contribution is 6.30. The highest BCUT2D eigenvalue weighted by atomic mass is 35.5. The van der Waals surface area contributed by atoms with E-state index in [0.29, 0.717) is 12.8 Å². The summed E-state index contributed by atoms with van der Waals surface area (Å²) in [7, 11) is 0. The average molecular weight is 408 g/mol. The van der Waals surface area contributed by atoms with Crippen LogP contribution >= 0.6 is 11.6 Å². The second kappa shape index (κ2) is 8.18. The highest BCUT2D eigenvalue weighted by Crippen LogP contribution is 2.44. The molecule has 0 radical (unpaired) electrons. The van der Waals surface area contributed by atoms with Crippen molar-refractivity contribution in [2.75, 3.05) is 0 Å². The lowest BCUT2D eigenvalue weighted by Crippen LogP contribution is -2.52. The summed E-state index contributed by atoms with van der Waals surface area (Å²) in [5.74, 6) is -1.01. The van der Waals surface area contributed by atoms with E-state index < -0.39 is 11.4 Å². The Bertz CT molecular complexity index is 856. The van der Waals surface area contributed by atoms with Crippen LogP contribution < -0.4 is 5.32 Å². The van der Waals surface area contributed by atoms with Crippen molar-refractivity contribution in [1.29, 1.82) is 0 Å². The molecule has 1 heterocycles. The van der Waals surface area contributed by atoms with E-state index in [4.69, 9.17) is 16.3 Å². The van der Waals surface area contributed by atoms with Gasteiger partial charge in [0.1, 0.15) is 11.6 Å². The van der Waals surface area contributed by atoms with E-state index in [-0.39, 0.29) is 34.9 Å². The summed E-state index contributed by atoms with van der Waals surface area (Å²) in [6, 6.07) is 10.7. The quantitative estimate of drug-likeness (QED) is 0.701. The molecular weight excluding hydrogens is 384 g/mol. The summed E-state index contributed by atoms with van der Waals surface area (Å²) in [5.41, 5.74) is 1.03. The van der Waals surface area contributed by atoms with Gasteiger partial charge < -0.3 is 10.1 Å². The Kier molecular flexibility index (Phi) is 6.06. The molecule has 3 atom stereocenters. The van der Waals surface area contributed by atoms with Crippen LogP contribution in [0.25, 0.3) is 0 Å². The monoisotopic (exact) mass is 407 g/mol. The largest absolute Gasteiger partial charge is 0.365 e. The van der Waals surface area contributed by atoms with Crippen LogP contribution in [-0.2, 0) is 9.53 Å². The number of ether oxygens (including phenoxy) is 1. The standard InChI is InChI=1S/C22H24ClF2NO2/c1-13(2)21(27)26-22(3)11-19(14-4-7-16(24)8-5-14)28-20(12-22)15-6-9-18(25)17(23)10-15/h4-10,13,19-20H,11-12H2,1-3H3,(H,26,27)/t19-,20+,22+/m0/s1. The SMILES string of the molecule is CC(C)C(=O)N[C@]1(C)C[C@@H](c2ccc(F)cc2)O[C@@H](c2ccc(F)c(Cl)c2)C1. The molecule has 0 saturated carbocycles. The van der Waals surface area contributed by atoms with Crippen molar-refractivity contribution < 1.29 is 18.3 Å². The van der Waals surface area contributed by atoms with Crippen molar-refractivity contribution in [3.8, 4) is 0 Å². The minimum atomic E-state index is -0.538. The van der Waals surface area contributed by atoms with Crippen LogP contribution in [0.15, 0.2) is 42.5 Å². The predicted octanol–water partition coefficient (Wildman–Crippen LogP) is 5.74. The minimum absolute atomic E-state index is 0.0259. The highest BCUT2D eigenvalue weighted by Gasteiger charge is 2.40. The lowest BCUT2D eigenvalue weighted by molar-refractivity contribution is -0.131. The van der Waals surface area contributed by atoms with Crippen molar-refractivity contribution in [2.45, 2.75) is 51.4 Å². The van der Waals surface area contributed by atoms with Crippen LogP contribution in [0, 0.1) is 17.6 Å². The van der Waals surface area contributed by atoms with Gasteiger partial charge in [0, 0.05) is 24.3 Å². The molecule has 1 aliphatic heterocycles. The molecule has 6 heteroatoms. The molecule has 150 valence electrons. The Morgan fingerprint density at radius 1 is 1.11 bits per heavy atom. The van der Waals surface area contributed by atoms with E-state index in [1.807, 2.05) is 20.8 Å². The van der Waals surface area contributed by atoms with Gasteiger partial charge in [-0.15, -0.1) is 0 Å². The number of rotatable bonds is 4. The fourth-order valence-corrected chi connectivity index (χ4v) is 3.71. The molecule has 28 heavy (non-hydrogen) atoms.